The molecule has 0 spiro atoms. The Morgan fingerprint density at radius 2 is 2.08 bits per heavy atom. The Morgan fingerprint density at radius 3 is 2.72 bits per heavy atom. The molecule has 3 rings (SSSR count). The number of hydrogen-bond acceptors (Lipinski definition) is 5. The average Bonchev–Trinajstić information content (AvgIpc) is 3.04. The number of aliphatic hydroxyl groups is 1. The van der Waals surface area contributed by atoms with Crippen molar-refractivity contribution in [2.75, 3.05) is 31.6 Å². The third-order valence-corrected chi connectivity index (χ3v) is 5.55. The Labute approximate surface area is 147 Å². The second-order valence-corrected chi connectivity index (χ2v) is 7.14. The van der Waals surface area contributed by atoms with Gasteiger partial charge in [0.05, 0.1) is 11.5 Å². The molecule has 136 valence electrons. The van der Waals surface area contributed by atoms with Crippen LogP contribution in [0.15, 0.2) is 18.2 Å². The van der Waals surface area contributed by atoms with Crippen molar-refractivity contribution in [2.24, 2.45) is 5.92 Å². The molecule has 1 aromatic rings. The van der Waals surface area contributed by atoms with Crippen molar-refractivity contribution < 1.29 is 14.8 Å². The summed E-state index contributed by atoms with van der Waals surface area (Å²) in [6.45, 7) is 1.19. The average molecular weight is 347 g/mol. The fourth-order valence-corrected chi connectivity index (χ4v) is 3.96. The van der Waals surface area contributed by atoms with E-state index in [0.29, 0.717) is 31.5 Å². The van der Waals surface area contributed by atoms with Crippen LogP contribution in [0, 0.1) is 16.0 Å². The molecule has 0 saturated heterocycles. The van der Waals surface area contributed by atoms with Crippen molar-refractivity contribution >= 4 is 17.3 Å². The zero-order chi connectivity index (χ0) is 18.0. The van der Waals surface area contributed by atoms with Gasteiger partial charge in [-0.05, 0) is 56.7 Å². The number of nitro benzene ring substituents is 1. The van der Waals surface area contributed by atoms with Gasteiger partial charge >= 0.3 is 0 Å². The Kier molecular flexibility index (Phi) is 5.34. The van der Waals surface area contributed by atoms with Gasteiger partial charge in [0.15, 0.2) is 0 Å². The highest BCUT2D eigenvalue weighted by atomic mass is 16.6. The molecule has 0 bridgehead atoms. The maximum atomic E-state index is 12.7. The second-order valence-electron chi connectivity index (χ2n) is 7.14. The van der Waals surface area contributed by atoms with Crippen molar-refractivity contribution in [1.82, 2.24) is 4.90 Å². The van der Waals surface area contributed by atoms with Gasteiger partial charge in [-0.2, -0.15) is 0 Å². The lowest BCUT2D eigenvalue weighted by atomic mass is 9.86. The van der Waals surface area contributed by atoms with Gasteiger partial charge < -0.3 is 10.0 Å². The summed E-state index contributed by atoms with van der Waals surface area (Å²) in [5.74, 6) is 0.445. The Bertz CT molecular complexity index is 656. The molecular weight excluding hydrogens is 322 g/mol. The largest absolute Gasteiger partial charge is 0.396 e. The van der Waals surface area contributed by atoms with Crippen LogP contribution < -0.4 is 4.90 Å². The van der Waals surface area contributed by atoms with E-state index in [1.807, 2.05) is 7.05 Å². The lowest BCUT2D eigenvalue weighted by molar-refractivity contribution is -0.384. The van der Waals surface area contributed by atoms with E-state index in [-0.39, 0.29) is 18.2 Å². The van der Waals surface area contributed by atoms with E-state index in [1.54, 1.807) is 17.0 Å². The third-order valence-electron chi connectivity index (χ3n) is 5.55. The normalized spacial score (nSPS) is 22.9. The fraction of sp³-hybridized carbons (Fsp3) is 0.611. The summed E-state index contributed by atoms with van der Waals surface area (Å²) < 4.78 is 0. The first-order valence-electron chi connectivity index (χ1n) is 8.88. The van der Waals surface area contributed by atoms with Crippen LogP contribution in [0.5, 0.6) is 0 Å². The molecule has 0 atom stereocenters. The molecule has 1 saturated carbocycles. The highest BCUT2D eigenvalue weighted by Gasteiger charge is 2.29. The number of fused-ring (bicyclic) bond motifs is 1. The summed E-state index contributed by atoms with van der Waals surface area (Å²) >= 11 is 0. The molecule has 7 nitrogen and oxygen atoms in total. The number of aliphatic hydroxyl groups excluding tert-OH is 1. The summed E-state index contributed by atoms with van der Waals surface area (Å²) in [7, 11) is 1.98. The van der Waals surface area contributed by atoms with Gasteiger partial charge in [0, 0.05) is 37.0 Å². The van der Waals surface area contributed by atoms with Crippen LogP contribution in [0.1, 0.15) is 31.2 Å². The van der Waals surface area contributed by atoms with Crippen LogP contribution in [-0.4, -0.2) is 53.6 Å². The standard InChI is InChI=1S/C18H25N3O4/c1-19(15-4-2-13(12-22)3-5-15)11-18(23)20-9-8-14-10-16(21(24)25)6-7-17(14)20/h6-7,10,13,15,22H,2-5,8-9,11-12H2,1H3. The van der Waals surface area contributed by atoms with E-state index in [0.717, 1.165) is 36.9 Å². The number of nitrogens with zero attached hydrogens (tertiary/aromatic N) is 3. The van der Waals surface area contributed by atoms with Gasteiger partial charge in [0.25, 0.3) is 5.69 Å². The molecule has 1 fully saturated rings. The van der Waals surface area contributed by atoms with E-state index in [9.17, 15) is 20.0 Å². The minimum atomic E-state index is -0.402. The molecule has 1 aliphatic carbocycles. The minimum absolute atomic E-state index is 0.0411. The van der Waals surface area contributed by atoms with Crippen LogP contribution in [0.4, 0.5) is 11.4 Å². The van der Waals surface area contributed by atoms with Gasteiger partial charge in [0.2, 0.25) is 5.91 Å². The Hall–Kier alpha value is -1.99. The first kappa shape index (κ1) is 17.8. The first-order chi connectivity index (χ1) is 12.0. The van der Waals surface area contributed by atoms with Crippen LogP contribution >= 0.6 is 0 Å². The molecular formula is C18H25N3O4. The second kappa shape index (κ2) is 7.49. The molecule has 0 radical (unpaired) electrons. The topological polar surface area (TPSA) is 86.9 Å². The number of non-ortho nitro benzene ring substituents is 1. The van der Waals surface area contributed by atoms with Gasteiger partial charge in [-0.25, -0.2) is 0 Å². The number of amides is 1. The Morgan fingerprint density at radius 1 is 1.36 bits per heavy atom. The van der Waals surface area contributed by atoms with Crippen molar-refractivity contribution in [1.29, 1.82) is 0 Å². The van der Waals surface area contributed by atoms with Crippen molar-refractivity contribution in [2.45, 2.75) is 38.1 Å². The molecule has 1 heterocycles. The molecule has 1 amide bonds. The van der Waals surface area contributed by atoms with Crippen molar-refractivity contribution in [3.63, 3.8) is 0 Å². The number of hydrogen-bond donors (Lipinski definition) is 1. The lowest BCUT2D eigenvalue weighted by Gasteiger charge is -2.34. The minimum Gasteiger partial charge on any atom is -0.396 e. The number of rotatable bonds is 5. The highest BCUT2D eigenvalue weighted by molar-refractivity contribution is 5.97. The molecule has 25 heavy (non-hydrogen) atoms. The van der Waals surface area contributed by atoms with Gasteiger partial charge in [-0.15, -0.1) is 0 Å². The number of carbonyl (C=O) groups is 1. The monoisotopic (exact) mass is 347 g/mol. The maximum absolute atomic E-state index is 12.7. The van der Waals surface area contributed by atoms with Gasteiger partial charge in [0.1, 0.15) is 0 Å². The van der Waals surface area contributed by atoms with Crippen LogP contribution in [-0.2, 0) is 11.2 Å². The van der Waals surface area contributed by atoms with Crippen molar-refractivity contribution in [3.05, 3.63) is 33.9 Å². The number of likely N-dealkylation sites (N-methyl/N-ethyl adjacent to an activating group) is 1. The number of carbonyl (C=O) groups excluding carboxylic acids is 1. The summed E-state index contributed by atoms with van der Waals surface area (Å²) in [6, 6.07) is 5.10. The predicted octanol–water partition coefficient (Wildman–Crippen LogP) is 1.97. The summed E-state index contributed by atoms with van der Waals surface area (Å²) in [5, 5.41) is 20.1. The highest BCUT2D eigenvalue weighted by Crippen LogP contribution is 2.32. The number of anilines is 1. The van der Waals surface area contributed by atoms with Crippen molar-refractivity contribution in [3.8, 4) is 0 Å². The van der Waals surface area contributed by atoms with Gasteiger partial charge in [-0.3, -0.25) is 19.8 Å². The molecule has 1 aliphatic heterocycles. The zero-order valence-electron chi connectivity index (χ0n) is 14.6. The number of nitro groups is 1. The lowest BCUT2D eigenvalue weighted by Crippen LogP contribution is -2.43. The van der Waals surface area contributed by atoms with E-state index < -0.39 is 4.92 Å². The molecule has 1 aromatic carbocycles. The van der Waals surface area contributed by atoms with E-state index in [2.05, 4.69) is 4.90 Å². The van der Waals surface area contributed by atoms with E-state index in [4.69, 9.17) is 0 Å². The van der Waals surface area contributed by atoms with E-state index >= 15 is 0 Å². The molecule has 7 heteroatoms. The number of benzene rings is 1. The predicted molar refractivity (Wildman–Crippen MR) is 94.6 cm³/mol. The quantitative estimate of drug-likeness (QED) is 0.650. The fourth-order valence-electron chi connectivity index (χ4n) is 3.96. The SMILES string of the molecule is CN(CC(=O)N1CCc2cc([N+](=O)[O-])ccc21)C1CCC(CO)CC1. The van der Waals surface area contributed by atoms with Crippen LogP contribution in [0.3, 0.4) is 0 Å². The molecule has 0 aromatic heterocycles. The molecule has 0 unspecified atom stereocenters. The smallest absolute Gasteiger partial charge is 0.269 e. The summed E-state index contributed by atoms with van der Waals surface area (Å²) in [5.41, 5.74) is 1.74. The Balaban J connectivity index is 1.61. The van der Waals surface area contributed by atoms with Crippen LogP contribution in [0.25, 0.3) is 0 Å². The zero-order valence-corrected chi connectivity index (χ0v) is 14.6. The van der Waals surface area contributed by atoms with E-state index in [1.165, 1.54) is 6.07 Å². The van der Waals surface area contributed by atoms with Crippen LogP contribution in [0.2, 0.25) is 0 Å². The first-order valence-corrected chi connectivity index (χ1v) is 8.88. The third kappa shape index (κ3) is 3.82. The molecule has 2 aliphatic rings. The maximum Gasteiger partial charge on any atom is 0.269 e. The van der Waals surface area contributed by atoms with Gasteiger partial charge in [-0.1, -0.05) is 0 Å². The summed E-state index contributed by atoms with van der Waals surface area (Å²) in [4.78, 5) is 27.0. The molecule has 1 N–H and O–H groups in total. The summed E-state index contributed by atoms with van der Waals surface area (Å²) in [6.07, 6.45) is 4.70.